The molecule has 0 radical (unpaired) electrons. The van der Waals surface area contributed by atoms with Crippen LogP contribution in [-0.4, -0.2) is 30.4 Å². The van der Waals surface area contributed by atoms with Crippen molar-refractivity contribution < 1.29 is 9.59 Å². The average molecular weight is 259 g/mol. The molecule has 16 heavy (non-hydrogen) atoms. The highest BCUT2D eigenvalue weighted by atomic mass is 35.5. The molecule has 6 heteroatoms. The van der Waals surface area contributed by atoms with Crippen LogP contribution in [0.2, 0.25) is 10.0 Å². The molecule has 1 aromatic rings. The van der Waals surface area contributed by atoms with Gasteiger partial charge in [0.1, 0.15) is 6.54 Å². The number of hydrogen-bond acceptors (Lipinski definition) is 2. The van der Waals surface area contributed by atoms with Gasteiger partial charge in [0.05, 0.1) is 15.7 Å². The summed E-state index contributed by atoms with van der Waals surface area (Å²) in [5.41, 5.74) is 0.439. The summed E-state index contributed by atoms with van der Waals surface area (Å²) >= 11 is 11.6. The maximum Gasteiger partial charge on any atom is 0.331 e. The van der Waals surface area contributed by atoms with Crippen molar-refractivity contribution in [2.45, 2.75) is 0 Å². The van der Waals surface area contributed by atoms with Gasteiger partial charge in [-0.3, -0.25) is 4.79 Å². The van der Waals surface area contributed by atoms with Crippen molar-refractivity contribution >= 4 is 40.8 Å². The fraction of sp³-hybridized carbons (Fsp3) is 0.200. The van der Waals surface area contributed by atoms with Crippen molar-refractivity contribution in [3.05, 3.63) is 28.2 Å². The third kappa shape index (κ3) is 1.74. The summed E-state index contributed by atoms with van der Waals surface area (Å²) in [6.45, 7) is 0.0824. The number of nitrogens with zero attached hydrogens (tertiary/aromatic N) is 2. The Morgan fingerprint density at radius 1 is 1.19 bits per heavy atom. The first-order valence-corrected chi connectivity index (χ1v) is 5.29. The number of imide groups is 1. The highest BCUT2D eigenvalue weighted by molar-refractivity contribution is 6.42. The Labute approximate surface area is 102 Å². The van der Waals surface area contributed by atoms with E-state index in [0.29, 0.717) is 15.7 Å². The second-order valence-electron chi connectivity index (χ2n) is 3.47. The number of likely N-dealkylation sites (N-methyl/N-ethyl adjacent to an activating group) is 1. The van der Waals surface area contributed by atoms with E-state index in [1.807, 2.05) is 0 Å². The van der Waals surface area contributed by atoms with Crippen LogP contribution in [0.1, 0.15) is 0 Å². The summed E-state index contributed by atoms with van der Waals surface area (Å²) in [5, 5.41) is 0.701. The molecule has 3 amide bonds. The van der Waals surface area contributed by atoms with Crippen LogP contribution >= 0.6 is 23.2 Å². The molecule has 0 bridgehead atoms. The van der Waals surface area contributed by atoms with Gasteiger partial charge < -0.3 is 4.90 Å². The van der Waals surface area contributed by atoms with Crippen molar-refractivity contribution in [1.82, 2.24) is 4.90 Å². The average Bonchev–Trinajstić information content (AvgIpc) is 2.47. The standard InChI is InChI=1S/C10H8Cl2N2O2/c1-13-5-9(15)14(10(13)16)6-2-3-7(11)8(12)4-6/h2-4H,5H2,1H3. The molecular formula is C10H8Cl2N2O2. The van der Waals surface area contributed by atoms with E-state index in [1.165, 1.54) is 11.0 Å². The molecule has 0 saturated carbocycles. The summed E-state index contributed by atoms with van der Waals surface area (Å²) in [7, 11) is 1.57. The SMILES string of the molecule is CN1CC(=O)N(c2ccc(Cl)c(Cl)c2)C1=O. The number of amides is 3. The smallest absolute Gasteiger partial charge is 0.318 e. The van der Waals surface area contributed by atoms with E-state index in [4.69, 9.17) is 23.2 Å². The van der Waals surface area contributed by atoms with E-state index >= 15 is 0 Å². The lowest BCUT2D eigenvalue weighted by Gasteiger charge is -2.14. The van der Waals surface area contributed by atoms with Gasteiger partial charge in [0.2, 0.25) is 0 Å². The van der Waals surface area contributed by atoms with E-state index in [0.717, 1.165) is 4.90 Å². The predicted molar refractivity (Wildman–Crippen MR) is 62.0 cm³/mol. The number of urea groups is 1. The van der Waals surface area contributed by atoms with Gasteiger partial charge in [-0.05, 0) is 18.2 Å². The van der Waals surface area contributed by atoms with Crippen LogP contribution < -0.4 is 4.90 Å². The highest BCUT2D eigenvalue weighted by Crippen LogP contribution is 2.29. The minimum absolute atomic E-state index is 0.0824. The Balaban J connectivity index is 2.41. The first-order chi connectivity index (χ1) is 7.50. The zero-order valence-corrected chi connectivity index (χ0v) is 9.92. The molecule has 1 saturated heterocycles. The second-order valence-corrected chi connectivity index (χ2v) is 4.28. The molecule has 4 nitrogen and oxygen atoms in total. The first kappa shape index (κ1) is 11.2. The topological polar surface area (TPSA) is 40.6 Å². The number of anilines is 1. The molecule has 0 N–H and O–H groups in total. The summed E-state index contributed by atoms with van der Waals surface area (Å²) in [5.74, 6) is -0.272. The lowest BCUT2D eigenvalue weighted by atomic mass is 10.3. The maximum atomic E-state index is 11.7. The predicted octanol–water partition coefficient (Wildman–Crippen LogP) is 2.39. The molecule has 2 rings (SSSR count). The summed E-state index contributed by atoms with van der Waals surface area (Å²) < 4.78 is 0. The molecule has 84 valence electrons. The van der Waals surface area contributed by atoms with Crippen LogP contribution in [0.3, 0.4) is 0 Å². The zero-order valence-electron chi connectivity index (χ0n) is 8.41. The third-order valence-electron chi connectivity index (χ3n) is 2.30. The molecule has 1 aliphatic heterocycles. The Morgan fingerprint density at radius 2 is 1.88 bits per heavy atom. The van der Waals surface area contributed by atoms with E-state index in [1.54, 1.807) is 19.2 Å². The molecular weight excluding hydrogens is 251 g/mol. The first-order valence-electron chi connectivity index (χ1n) is 4.54. The fourth-order valence-electron chi connectivity index (χ4n) is 1.50. The van der Waals surface area contributed by atoms with Gasteiger partial charge >= 0.3 is 6.03 Å². The van der Waals surface area contributed by atoms with Crippen molar-refractivity contribution in [2.24, 2.45) is 0 Å². The molecule has 0 aromatic heterocycles. The minimum Gasteiger partial charge on any atom is -0.318 e. The van der Waals surface area contributed by atoms with Gasteiger partial charge in [-0.25, -0.2) is 9.69 Å². The number of rotatable bonds is 1. The largest absolute Gasteiger partial charge is 0.331 e. The van der Waals surface area contributed by atoms with E-state index < -0.39 is 0 Å². The van der Waals surface area contributed by atoms with Crippen LogP contribution in [0.4, 0.5) is 10.5 Å². The number of carbonyl (C=O) groups is 2. The summed E-state index contributed by atoms with van der Waals surface area (Å²) in [4.78, 5) is 25.7. The van der Waals surface area contributed by atoms with E-state index in [-0.39, 0.29) is 18.5 Å². The normalized spacial score (nSPS) is 16.2. The molecule has 0 unspecified atom stereocenters. The fourth-order valence-corrected chi connectivity index (χ4v) is 1.79. The van der Waals surface area contributed by atoms with Gasteiger partial charge in [-0.2, -0.15) is 0 Å². The minimum atomic E-state index is -0.358. The molecule has 1 fully saturated rings. The van der Waals surface area contributed by atoms with Gasteiger partial charge in [0, 0.05) is 7.05 Å². The van der Waals surface area contributed by atoms with Gasteiger partial charge in [0.15, 0.2) is 0 Å². The number of carbonyl (C=O) groups excluding carboxylic acids is 2. The quantitative estimate of drug-likeness (QED) is 0.726. The third-order valence-corrected chi connectivity index (χ3v) is 3.04. The number of hydrogen-bond donors (Lipinski definition) is 0. The Bertz CT molecular complexity index is 476. The van der Waals surface area contributed by atoms with Crippen molar-refractivity contribution in [3.8, 4) is 0 Å². The van der Waals surface area contributed by atoms with Crippen LogP contribution in [0, 0.1) is 0 Å². The molecule has 1 aliphatic rings. The van der Waals surface area contributed by atoms with E-state index in [2.05, 4.69) is 0 Å². The summed E-state index contributed by atoms with van der Waals surface area (Å²) in [6, 6.07) is 4.28. The van der Waals surface area contributed by atoms with E-state index in [9.17, 15) is 9.59 Å². The second kappa shape index (κ2) is 3.96. The van der Waals surface area contributed by atoms with Gasteiger partial charge in [-0.1, -0.05) is 23.2 Å². The Kier molecular flexibility index (Phi) is 2.78. The van der Waals surface area contributed by atoms with Crippen LogP contribution in [0.25, 0.3) is 0 Å². The van der Waals surface area contributed by atoms with Crippen LogP contribution in [0.15, 0.2) is 18.2 Å². The molecule has 0 spiro atoms. The van der Waals surface area contributed by atoms with Crippen LogP contribution in [-0.2, 0) is 4.79 Å². The molecule has 0 atom stereocenters. The zero-order chi connectivity index (χ0) is 11.9. The highest BCUT2D eigenvalue weighted by Gasteiger charge is 2.34. The van der Waals surface area contributed by atoms with Gasteiger partial charge in [-0.15, -0.1) is 0 Å². The van der Waals surface area contributed by atoms with Crippen molar-refractivity contribution in [1.29, 1.82) is 0 Å². The monoisotopic (exact) mass is 258 g/mol. The number of benzene rings is 1. The molecule has 0 aliphatic carbocycles. The maximum absolute atomic E-state index is 11.7. The van der Waals surface area contributed by atoms with Crippen molar-refractivity contribution in [2.75, 3.05) is 18.5 Å². The number of halogens is 2. The van der Waals surface area contributed by atoms with Crippen molar-refractivity contribution in [3.63, 3.8) is 0 Å². The molecule has 1 aromatic carbocycles. The summed E-state index contributed by atoms with van der Waals surface area (Å²) in [6.07, 6.45) is 0. The van der Waals surface area contributed by atoms with Gasteiger partial charge in [0.25, 0.3) is 5.91 Å². The lowest BCUT2D eigenvalue weighted by Crippen LogP contribution is -2.31. The Morgan fingerprint density at radius 3 is 2.38 bits per heavy atom. The molecule has 1 heterocycles. The lowest BCUT2D eigenvalue weighted by molar-refractivity contribution is -0.116. The Hall–Kier alpha value is -1.26. The van der Waals surface area contributed by atoms with Crippen LogP contribution in [0.5, 0.6) is 0 Å².